The number of thiazole rings is 1. The van der Waals surface area contributed by atoms with Crippen molar-refractivity contribution in [2.24, 2.45) is 5.73 Å². The number of aromatic amines is 1. The first-order valence-corrected chi connectivity index (χ1v) is 5.09. The fourth-order valence-electron chi connectivity index (χ4n) is 1.07. The van der Waals surface area contributed by atoms with Crippen molar-refractivity contribution in [3.05, 3.63) is 28.3 Å². The van der Waals surface area contributed by atoms with Crippen LogP contribution in [-0.4, -0.2) is 27.0 Å². The van der Waals surface area contributed by atoms with Gasteiger partial charge in [-0.3, -0.25) is 19.7 Å². The molecule has 0 aliphatic carbocycles. The van der Waals surface area contributed by atoms with Gasteiger partial charge in [0.05, 0.1) is 17.9 Å². The zero-order chi connectivity index (χ0) is 11.5. The number of carbonyl (C=O) groups is 2. The number of nitrogens with one attached hydrogen (secondary N) is 2. The lowest BCUT2D eigenvalue weighted by Crippen LogP contribution is -2.16. The average Bonchev–Trinajstić information content (AvgIpc) is 2.86. The van der Waals surface area contributed by atoms with Crippen molar-refractivity contribution in [1.29, 1.82) is 0 Å². The molecular formula is C8H7N5O2S. The summed E-state index contributed by atoms with van der Waals surface area (Å²) in [6.45, 7) is 0. The summed E-state index contributed by atoms with van der Waals surface area (Å²) in [5.74, 6) is -0.839. The van der Waals surface area contributed by atoms with Crippen LogP contribution in [0.4, 0.5) is 5.82 Å². The second-order valence-electron chi connectivity index (χ2n) is 2.84. The quantitative estimate of drug-likeness (QED) is 0.708. The average molecular weight is 237 g/mol. The number of H-pyrrole nitrogens is 1. The van der Waals surface area contributed by atoms with Crippen LogP contribution in [0.3, 0.4) is 0 Å². The number of carbonyl (C=O) groups excluding carboxylic acids is 2. The van der Waals surface area contributed by atoms with Gasteiger partial charge >= 0.3 is 0 Å². The van der Waals surface area contributed by atoms with E-state index in [1.807, 2.05) is 0 Å². The lowest BCUT2D eigenvalue weighted by atomic mass is 10.3. The molecule has 0 saturated heterocycles. The molecular weight excluding hydrogens is 230 g/mol. The van der Waals surface area contributed by atoms with Crippen molar-refractivity contribution < 1.29 is 9.59 Å². The van der Waals surface area contributed by atoms with Crippen molar-refractivity contribution in [2.75, 3.05) is 5.32 Å². The van der Waals surface area contributed by atoms with Crippen LogP contribution in [0, 0.1) is 0 Å². The first-order valence-electron chi connectivity index (χ1n) is 4.21. The van der Waals surface area contributed by atoms with E-state index < -0.39 is 5.91 Å². The number of anilines is 1. The van der Waals surface area contributed by atoms with Gasteiger partial charge in [-0.05, 0) is 0 Å². The number of rotatable bonds is 3. The molecule has 2 aromatic rings. The van der Waals surface area contributed by atoms with E-state index in [4.69, 9.17) is 5.73 Å². The second-order valence-corrected chi connectivity index (χ2v) is 3.73. The molecule has 2 rings (SSSR count). The lowest BCUT2D eigenvalue weighted by Gasteiger charge is -2.01. The van der Waals surface area contributed by atoms with Gasteiger partial charge in [0.1, 0.15) is 16.3 Å². The van der Waals surface area contributed by atoms with Crippen LogP contribution in [0.2, 0.25) is 0 Å². The molecule has 0 bridgehead atoms. The fraction of sp³-hybridized carbons (Fsp3) is 0. The Hall–Kier alpha value is -2.22. The molecule has 0 aliphatic heterocycles. The van der Waals surface area contributed by atoms with E-state index in [2.05, 4.69) is 20.5 Å². The fourth-order valence-corrected chi connectivity index (χ4v) is 1.59. The minimum Gasteiger partial charge on any atom is -0.365 e. The summed E-state index contributed by atoms with van der Waals surface area (Å²) < 4.78 is 0. The van der Waals surface area contributed by atoms with Crippen LogP contribution in [0.25, 0.3) is 0 Å². The van der Waals surface area contributed by atoms with Crippen LogP contribution in [0.15, 0.2) is 17.9 Å². The highest BCUT2D eigenvalue weighted by Gasteiger charge is 2.14. The molecule has 0 aromatic carbocycles. The summed E-state index contributed by atoms with van der Waals surface area (Å²) in [5.41, 5.74) is 6.77. The van der Waals surface area contributed by atoms with E-state index in [-0.39, 0.29) is 17.3 Å². The molecule has 7 nitrogen and oxygen atoms in total. The zero-order valence-electron chi connectivity index (χ0n) is 7.93. The van der Waals surface area contributed by atoms with Gasteiger partial charge in [0.2, 0.25) is 0 Å². The van der Waals surface area contributed by atoms with E-state index in [0.717, 1.165) is 0 Å². The first kappa shape index (κ1) is 10.3. The highest BCUT2D eigenvalue weighted by molar-refractivity contribution is 7.11. The number of nitrogens with two attached hydrogens (primary N) is 1. The Labute approximate surface area is 93.7 Å². The van der Waals surface area contributed by atoms with Gasteiger partial charge in [0, 0.05) is 0 Å². The minimum absolute atomic E-state index is 0.137. The van der Waals surface area contributed by atoms with E-state index in [9.17, 15) is 9.59 Å². The molecule has 0 unspecified atom stereocenters. The van der Waals surface area contributed by atoms with Crippen LogP contribution in [0.5, 0.6) is 0 Å². The molecule has 16 heavy (non-hydrogen) atoms. The highest BCUT2D eigenvalue weighted by atomic mass is 32.1. The van der Waals surface area contributed by atoms with Crippen LogP contribution in [0.1, 0.15) is 20.0 Å². The van der Waals surface area contributed by atoms with E-state index in [0.29, 0.717) is 4.88 Å². The molecule has 82 valence electrons. The lowest BCUT2D eigenvalue weighted by molar-refractivity contribution is 0.100. The molecule has 0 atom stereocenters. The Morgan fingerprint density at radius 3 is 2.88 bits per heavy atom. The number of hydrogen-bond acceptors (Lipinski definition) is 5. The van der Waals surface area contributed by atoms with Crippen molar-refractivity contribution in [1.82, 2.24) is 15.2 Å². The molecule has 2 aromatic heterocycles. The molecule has 4 N–H and O–H groups in total. The van der Waals surface area contributed by atoms with Crippen LogP contribution >= 0.6 is 11.3 Å². The normalized spacial score (nSPS) is 10.0. The monoisotopic (exact) mass is 237 g/mol. The van der Waals surface area contributed by atoms with Gasteiger partial charge in [0.15, 0.2) is 0 Å². The van der Waals surface area contributed by atoms with E-state index in [1.165, 1.54) is 29.2 Å². The molecule has 0 saturated carbocycles. The Kier molecular flexibility index (Phi) is 2.64. The molecule has 2 amide bonds. The van der Waals surface area contributed by atoms with Crippen molar-refractivity contribution in [2.45, 2.75) is 0 Å². The Balaban J connectivity index is 2.18. The molecule has 0 radical (unpaired) electrons. The van der Waals surface area contributed by atoms with E-state index >= 15 is 0 Å². The second kappa shape index (κ2) is 4.11. The topological polar surface area (TPSA) is 114 Å². The predicted octanol–water partition coefficient (Wildman–Crippen LogP) is 0.217. The maximum atomic E-state index is 11.6. The maximum Gasteiger partial charge on any atom is 0.268 e. The summed E-state index contributed by atoms with van der Waals surface area (Å²) in [6, 6.07) is 0. The summed E-state index contributed by atoms with van der Waals surface area (Å²) in [6.07, 6.45) is 2.69. The summed E-state index contributed by atoms with van der Waals surface area (Å²) in [4.78, 5) is 26.8. The molecule has 0 fully saturated rings. The summed E-state index contributed by atoms with van der Waals surface area (Å²) in [5, 5.41) is 8.59. The van der Waals surface area contributed by atoms with Crippen molar-refractivity contribution in [3.8, 4) is 0 Å². The molecule has 0 aliphatic rings. The van der Waals surface area contributed by atoms with Gasteiger partial charge in [0.25, 0.3) is 11.8 Å². The number of aromatic nitrogens is 3. The standard InChI is InChI=1S/C8H7N5O2S/c9-6(14)4-1-11-13-7(4)12-8(15)5-2-10-3-16-5/h1-3H,(H2,9,14)(H2,11,12,13,15). The SMILES string of the molecule is NC(=O)c1cn[nH]c1NC(=O)c1cncs1. The summed E-state index contributed by atoms with van der Waals surface area (Å²) in [7, 11) is 0. The third kappa shape index (κ3) is 1.91. The Morgan fingerprint density at radius 1 is 1.44 bits per heavy atom. The van der Waals surface area contributed by atoms with Gasteiger partial charge < -0.3 is 11.1 Å². The number of amides is 2. The largest absolute Gasteiger partial charge is 0.365 e. The minimum atomic E-state index is -0.659. The Bertz CT molecular complexity index is 518. The number of nitrogens with zero attached hydrogens (tertiary/aromatic N) is 2. The maximum absolute atomic E-state index is 11.6. The van der Waals surface area contributed by atoms with Gasteiger partial charge in [-0.1, -0.05) is 0 Å². The van der Waals surface area contributed by atoms with E-state index in [1.54, 1.807) is 0 Å². The molecule has 0 spiro atoms. The van der Waals surface area contributed by atoms with Crippen LogP contribution in [-0.2, 0) is 0 Å². The third-order valence-electron chi connectivity index (χ3n) is 1.80. The van der Waals surface area contributed by atoms with Gasteiger partial charge in [-0.25, -0.2) is 0 Å². The molecule has 2 heterocycles. The smallest absolute Gasteiger partial charge is 0.268 e. The van der Waals surface area contributed by atoms with Crippen LogP contribution < -0.4 is 11.1 Å². The Morgan fingerprint density at radius 2 is 2.25 bits per heavy atom. The number of primary amides is 1. The zero-order valence-corrected chi connectivity index (χ0v) is 8.75. The summed E-state index contributed by atoms with van der Waals surface area (Å²) >= 11 is 1.19. The first-order chi connectivity index (χ1) is 7.68. The number of hydrogen-bond donors (Lipinski definition) is 3. The highest BCUT2D eigenvalue weighted by Crippen LogP contribution is 2.13. The van der Waals surface area contributed by atoms with Crippen molar-refractivity contribution >= 4 is 29.0 Å². The third-order valence-corrected chi connectivity index (χ3v) is 2.57. The van der Waals surface area contributed by atoms with Crippen molar-refractivity contribution in [3.63, 3.8) is 0 Å². The molecule has 8 heteroatoms. The predicted molar refractivity (Wildman–Crippen MR) is 57.2 cm³/mol. The van der Waals surface area contributed by atoms with Gasteiger partial charge in [-0.15, -0.1) is 11.3 Å². The van der Waals surface area contributed by atoms with Gasteiger partial charge in [-0.2, -0.15) is 5.10 Å².